The first-order chi connectivity index (χ1) is 8.08. The molecule has 1 aromatic heterocycles. The molecule has 0 radical (unpaired) electrons. The molecule has 0 aliphatic rings. The van der Waals surface area contributed by atoms with Gasteiger partial charge in [-0.1, -0.05) is 16.8 Å². The molecule has 0 fully saturated rings. The van der Waals surface area contributed by atoms with Crippen LogP contribution in [0.2, 0.25) is 5.02 Å². The molecule has 0 unspecified atom stereocenters. The third-order valence-corrected chi connectivity index (χ3v) is 2.68. The van der Waals surface area contributed by atoms with Crippen LogP contribution in [0, 0.1) is 0 Å². The van der Waals surface area contributed by atoms with Crippen LogP contribution in [-0.4, -0.2) is 40.5 Å². The maximum absolute atomic E-state index is 12.1. The summed E-state index contributed by atoms with van der Waals surface area (Å²) < 4.78 is 1.37. The van der Waals surface area contributed by atoms with Crippen LogP contribution in [0.15, 0.2) is 23.0 Å². The van der Waals surface area contributed by atoms with Gasteiger partial charge in [0.15, 0.2) is 0 Å². The smallest absolute Gasteiger partial charge is 0.277 e. The molecule has 0 spiro atoms. The number of rotatable bonds is 3. The van der Waals surface area contributed by atoms with Crippen molar-refractivity contribution in [2.24, 2.45) is 0 Å². The van der Waals surface area contributed by atoms with Gasteiger partial charge in [0.1, 0.15) is 5.52 Å². The van der Waals surface area contributed by atoms with Crippen molar-refractivity contribution in [3.05, 3.63) is 33.6 Å². The lowest BCUT2D eigenvalue weighted by molar-refractivity contribution is 0.363. The molecule has 2 aromatic rings. The van der Waals surface area contributed by atoms with Gasteiger partial charge in [0.25, 0.3) is 5.56 Å². The molecule has 0 aliphatic heterocycles. The number of fused-ring (bicyclic) bond motifs is 1. The van der Waals surface area contributed by atoms with Gasteiger partial charge in [-0.25, -0.2) is 4.68 Å². The summed E-state index contributed by atoms with van der Waals surface area (Å²) >= 11 is 5.83. The fraction of sp³-hybridized carbons (Fsp3) is 0.364. The summed E-state index contributed by atoms with van der Waals surface area (Å²) in [7, 11) is 3.89. The topological polar surface area (TPSA) is 51.0 Å². The summed E-state index contributed by atoms with van der Waals surface area (Å²) in [5.41, 5.74) is 0.400. The van der Waals surface area contributed by atoms with Gasteiger partial charge in [0, 0.05) is 11.6 Å². The van der Waals surface area contributed by atoms with Crippen molar-refractivity contribution in [1.29, 1.82) is 0 Å². The molecule has 0 bridgehead atoms. The normalized spacial score (nSPS) is 11.3. The van der Waals surface area contributed by atoms with Crippen molar-refractivity contribution in [1.82, 2.24) is 19.9 Å². The summed E-state index contributed by atoms with van der Waals surface area (Å²) in [5, 5.41) is 8.98. The Morgan fingerprint density at radius 3 is 2.88 bits per heavy atom. The van der Waals surface area contributed by atoms with Gasteiger partial charge in [0.2, 0.25) is 0 Å². The molecule has 0 aliphatic carbocycles. The fourth-order valence-corrected chi connectivity index (χ4v) is 1.66. The van der Waals surface area contributed by atoms with E-state index in [0.29, 0.717) is 22.5 Å². The first-order valence-electron chi connectivity index (χ1n) is 5.26. The van der Waals surface area contributed by atoms with E-state index >= 15 is 0 Å². The zero-order valence-corrected chi connectivity index (χ0v) is 10.5. The van der Waals surface area contributed by atoms with E-state index in [1.807, 2.05) is 19.0 Å². The Morgan fingerprint density at radius 2 is 2.18 bits per heavy atom. The monoisotopic (exact) mass is 252 g/mol. The van der Waals surface area contributed by atoms with Gasteiger partial charge < -0.3 is 4.90 Å². The molecule has 0 N–H and O–H groups in total. The second kappa shape index (κ2) is 4.81. The van der Waals surface area contributed by atoms with Gasteiger partial charge in [-0.2, -0.15) is 0 Å². The van der Waals surface area contributed by atoms with E-state index in [2.05, 4.69) is 10.3 Å². The Hall–Kier alpha value is -1.46. The SMILES string of the molecule is CN(C)CCn1nnc2cc(Cl)ccc2c1=O. The fourth-order valence-electron chi connectivity index (χ4n) is 1.49. The predicted molar refractivity (Wildman–Crippen MR) is 67.4 cm³/mol. The highest BCUT2D eigenvalue weighted by Gasteiger charge is 2.06. The van der Waals surface area contributed by atoms with E-state index in [-0.39, 0.29) is 5.56 Å². The first kappa shape index (κ1) is 12.0. The number of aromatic nitrogens is 3. The Labute approximate surface area is 104 Å². The minimum atomic E-state index is -0.131. The van der Waals surface area contributed by atoms with E-state index in [1.165, 1.54) is 4.68 Å². The van der Waals surface area contributed by atoms with E-state index in [4.69, 9.17) is 11.6 Å². The largest absolute Gasteiger partial charge is 0.308 e. The van der Waals surface area contributed by atoms with Crippen LogP contribution in [0.3, 0.4) is 0 Å². The number of hydrogen-bond acceptors (Lipinski definition) is 4. The summed E-state index contributed by atoms with van der Waals surface area (Å²) in [6, 6.07) is 5.01. The van der Waals surface area contributed by atoms with Gasteiger partial charge in [-0.05, 0) is 32.3 Å². The van der Waals surface area contributed by atoms with Crippen molar-refractivity contribution in [2.45, 2.75) is 6.54 Å². The Morgan fingerprint density at radius 1 is 1.41 bits per heavy atom. The molecule has 0 atom stereocenters. The molecule has 6 heteroatoms. The van der Waals surface area contributed by atoms with Crippen molar-refractivity contribution in [2.75, 3.05) is 20.6 Å². The van der Waals surface area contributed by atoms with Crippen LogP contribution in [-0.2, 0) is 6.54 Å². The van der Waals surface area contributed by atoms with Gasteiger partial charge in [-0.15, -0.1) is 5.10 Å². The molecule has 0 saturated heterocycles. The third-order valence-electron chi connectivity index (χ3n) is 2.44. The van der Waals surface area contributed by atoms with Crippen LogP contribution in [0.4, 0.5) is 0 Å². The zero-order chi connectivity index (χ0) is 12.4. The first-order valence-corrected chi connectivity index (χ1v) is 5.63. The number of likely N-dealkylation sites (N-methyl/N-ethyl adjacent to an activating group) is 1. The highest BCUT2D eigenvalue weighted by Crippen LogP contribution is 2.13. The van der Waals surface area contributed by atoms with Gasteiger partial charge in [-0.3, -0.25) is 4.79 Å². The highest BCUT2D eigenvalue weighted by molar-refractivity contribution is 6.31. The second-order valence-corrected chi connectivity index (χ2v) is 4.52. The lowest BCUT2D eigenvalue weighted by atomic mass is 10.2. The maximum Gasteiger partial charge on any atom is 0.277 e. The van der Waals surface area contributed by atoms with E-state index < -0.39 is 0 Å². The average Bonchev–Trinajstić information content (AvgIpc) is 2.27. The molecule has 5 nitrogen and oxygen atoms in total. The molecule has 90 valence electrons. The minimum absolute atomic E-state index is 0.131. The Bertz CT molecular complexity index is 594. The minimum Gasteiger partial charge on any atom is -0.308 e. The standard InChI is InChI=1S/C11H13ClN4O/c1-15(2)5-6-16-11(17)9-4-3-8(12)7-10(9)13-14-16/h3-4,7H,5-6H2,1-2H3. The van der Waals surface area contributed by atoms with E-state index in [0.717, 1.165) is 6.54 Å². The van der Waals surface area contributed by atoms with E-state index in [9.17, 15) is 4.79 Å². The van der Waals surface area contributed by atoms with Crippen molar-refractivity contribution >= 4 is 22.5 Å². The second-order valence-electron chi connectivity index (χ2n) is 4.08. The summed E-state index contributed by atoms with van der Waals surface area (Å²) in [6.07, 6.45) is 0. The van der Waals surface area contributed by atoms with Crippen LogP contribution in [0.1, 0.15) is 0 Å². The van der Waals surface area contributed by atoms with Crippen LogP contribution in [0.5, 0.6) is 0 Å². The third kappa shape index (κ3) is 2.62. The molecule has 2 rings (SSSR count). The molecule has 1 heterocycles. The number of nitrogens with zero attached hydrogens (tertiary/aromatic N) is 4. The molecule has 0 amide bonds. The lowest BCUT2D eigenvalue weighted by Crippen LogP contribution is -2.29. The summed E-state index contributed by atoms with van der Waals surface area (Å²) in [6.45, 7) is 1.27. The Kier molecular flexibility index (Phi) is 3.40. The summed E-state index contributed by atoms with van der Waals surface area (Å²) in [5.74, 6) is 0. The lowest BCUT2D eigenvalue weighted by Gasteiger charge is -2.09. The summed E-state index contributed by atoms with van der Waals surface area (Å²) in [4.78, 5) is 14.0. The molecular formula is C11H13ClN4O. The molecule has 17 heavy (non-hydrogen) atoms. The van der Waals surface area contributed by atoms with Crippen molar-refractivity contribution < 1.29 is 0 Å². The van der Waals surface area contributed by atoms with Gasteiger partial charge in [0.05, 0.1) is 11.9 Å². The molecule has 1 aromatic carbocycles. The van der Waals surface area contributed by atoms with Crippen LogP contribution >= 0.6 is 11.6 Å². The van der Waals surface area contributed by atoms with Gasteiger partial charge >= 0.3 is 0 Å². The van der Waals surface area contributed by atoms with Crippen molar-refractivity contribution in [3.63, 3.8) is 0 Å². The van der Waals surface area contributed by atoms with Crippen LogP contribution < -0.4 is 5.56 Å². The highest BCUT2D eigenvalue weighted by atomic mass is 35.5. The number of benzene rings is 1. The molecular weight excluding hydrogens is 240 g/mol. The number of hydrogen-bond donors (Lipinski definition) is 0. The average molecular weight is 253 g/mol. The Balaban J connectivity index is 2.44. The zero-order valence-electron chi connectivity index (χ0n) is 9.72. The predicted octanol–water partition coefficient (Wildman–Crippen LogP) is 1.01. The molecule has 0 saturated carbocycles. The quantitative estimate of drug-likeness (QED) is 0.818. The number of halogens is 1. The van der Waals surface area contributed by atoms with E-state index in [1.54, 1.807) is 18.2 Å². The van der Waals surface area contributed by atoms with Crippen LogP contribution in [0.25, 0.3) is 10.9 Å². The maximum atomic E-state index is 12.1. The van der Waals surface area contributed by atoms with Crippen molar-refractivity contribution in [3.8, 4) is 0 Å².